The Bertz CT molecular complexity index is 1120. The van der Waals surface area contributed by atoms with E-state index < -0.39 is 24.2 Å². The SMILES string of the molecule is CCCCCCCCCCCCCCCC/C=C\CCCCCCCCCCCCCCCCCCC(O)C(=O)NC(CO)C(O)/C=C/CC/C=C/CCCCCCCCCCCCCCCCCCCC. The van der Waals surface area contributed by atoms with E-state index in [9.17, 15) is 20.1 Å². The van der Waals surface area contributed by atoms with Gasteiger partial charge in [0.15, 0.2) is 0 Å². The third-order valence-corrected chi connectivity index (χ3v) is 15.5. The van der Waals surface area contributed by atoms with Crippen LogP contribution in [0.4, 0.5) is 0 Å². The molecule has 0 aliphatic carbocycles. The molecule has 426 valence electrons. The van der Waals surface area contributed by atoms with E-state index in [0.29, 0.717) is 6.42 Å². The fourth-order valence-electron chi connectivity index (χ4n) is 10.4. The number of hydrogen-bond acceptors (Lipinski definition) is 4. The maximum absolute atomic E-state index is 12.6. The van der Waals surface area contributed by atoms with E-state index in [1.54, 1.807) is 6.08 Å². The summed E-state index contributed by atoms with van der Waals surface area (Å²) in [7, 11) is 0. The average Bonchev–Trinajstić information content (AvgIpc) is 3.39. The minimum Gasteiger partial charge on any atom is -0.394 e. The number of carbonyl (C=O) groups excluding carboxylic acids is 1. The highest BCUT2D eigenvalue weighted by molar-refractivity contribution is 5.80. The molecule has 1 amide bonds. The average molecular weight is 1010 g/mol. The van der Waals surface area contributed by atoms with Crippen LogP contribution in [-0.2, 0) is 4.79 Å². The van der Waals surface area contributed by atoms with Crippen LogP contribution in [0, 0.1) is 0 Å². The molecule has 0 fully saturated rings. The summed E-state index contributed by atoms with van der Waals surface area (Å²) in [5, 5.41) is 33.5. The van der Waals surface area contributed by atoms with Crippen LogP contribution >= 0.6 is 0 Å². The Labute approximate surface area is 451 Å². The van der Waals surface area contributed by atoms with Crippen LogP contribution in [0.25, 0.3) is 0 Å². The molecule has 0 aliphatic heterocycles. The van der Waals surface area contributed by atoms with Gasteiger partial charge in [0.1, 0.15) is 6.10 Å². The Kier molecular flexibility index (Phi) is 60.9. The molecule has 0 heterocycles. The monoisotopic (exact) mass is 1010 g/mol. The largest absolute Gasteiger partial charge is 0.394 e. The van der Waals surface area contributed by atoms with Gasteiger partial charge in [-0.05, 0) is 57.8 Å². The number of aliphatic hydroxyl groups is 3. The van der Waals surface area contributed by atoms with Crippen molar-refractivity contribution in [2.45, 2.75) is 379 Å². The summed E-state index contributed by atoms with van der Waals surface area (Å²) < 4.78 is 0. The first-order valence-corrected chi connectivity index (χ1v) is 32.8. The molecule has 0 saturated carbocycles. The van der Waals surface area contributed by atoms with Gasteiger partial charge in [0.2, 0.25) is 5.91 Å². The summed E-state index contributed by atoms with van der Waals surface area (Å²) in [6.45, 7) is 4.22. The summed E-state index contributed by atoms with van der Waals surface area (Å²) in [6.07, 6.45) is 82.7. The van der Waals surface area contributed by atoms with E-state index in [2.05, 4.69) is 43.5 Å². The van der Waals surface area contributed by atoms with Gasteiger partial charge in [0, 0.05) is 0 Å². The molecule has 0 radical (unpaired) electrons. The molecule has 0 aromatic rings. The Balaban J connectivity index is 3.53. The number of rotatable bonds is 61. The molecule has 0 rings (SSSR count). The number of carbonyl (C=O) groups is 1. The highest BCUT2D eigenvalue weighted by Crippen LogP contribution is 2.18. The van der Waals surface area contributed by atoms with Gasteiger partial charge in [0.25, 0.3) is 0 Å². The molecule has 72 heavy (non-hydrogen) atoms. The molecule has 0 aromatic carbocycles. The Morgan fingerprint density at radius 1 is 0.333 bits per heavy atom. The summed E-state index contributed by atoms with van der Waals surface area (Å²) in [5.41, 5.74) is 0. The molecule has 0 saturated heterocycles. The maximum atomic E-state index is 12.6. The highest BCUT2D eigenvalue weighted by atomic mass is 16.3. The lowest BCUT2D eigenvalue weighted by molar-refractivity contribution is -0.131. The molecule has 4 N–H and O–H groups in total. The Morgan fingerprint density at radius 3 is 0.847 bits per heavy atom. The lowest BCUT2D eigenvalue weighted by Crippen LogP contribution is -2.48. The van der Waals surface area contributed by atoms with Gasteiger partial charge in [-0.3, -0.25) is 4.79 Å². The zero-order valence-electron chi connectivity index (χ0n) is 48.8. The quantitative estimate of drug-likeness (QED) is 0.0361. The summed E-state index contributed by atoms with van der Waals surface area (Å²) >= 11 is 0. The van der Waals surface area contributed by atoms with Gasteiger partial charge in [-0.25, -0.2) is 0 Å². The van der Waals surface area contributed by atoms with Crippen molar-refractivity contribution in [2.24, 2.45) is 0 Å². The lowest BCUT2D eigenvalue weighted by atomic mass is 10.0. The minimum absolute atomic E-state index is 0.374. The first-order chi connectivity index (χ1) is 35.6. The van der Waals surface area contributed by atoms with Crippen LogP contribution in [0.5, 0.6) is 0 Å². The predicted octanol–water partition coefficient (Wildman–Crippen LogP) is 21.0. The second-order valence-electron chi connectivity index (χ2n) is 22.7. The number of nitrogens with one attached hydrogen (secondary N) is 1. The van der Waals surface area contributed by atoms with Crippen molar-refractivity contribution in [3.63, 3.8) is 0 Å². The predicted molar refractivity (Wildman–Crippen MR) is 319 cm³/mol. The standard InChI is InChI=1S/C67H129NO4/c1-3-5-7-9-11-13-15-17-19-21-23-25-27-29-30-31-32-33-34-35-36-37-38-40-42-44-46-48-50-52-54-56-58-60-62-66(71)67(72)68-64(63-69)65(70)61-59-57-55-53-51-49-47-45-43-41-39-28-26-24-22-20-18-16-14-12-10-8-6-4-2/h31-32,51,53,59,61,64-66,69-71H,3-30,33-50,52,54-58,60,62-63H2,1-2H3,(H,68,72)/b32-31-,53-51+,61-59+. The molecule has 5 heteroatoms. The highest BCUT2D eigenvalue weighted by Gasteiger charge is 2.22. The van der Waals surface area contributed by atoms with E-state index in [1.165, 1.54) is 302 Å². The number of amides is 1. The number of aliphatic hydroxyl groups excluding tert-OH is 3. The van der Waals surface area contributed by atoms with E-state index >= 15 is 0 Å². The third-order valence-electron chi connectivity index (χ3n) is 15.5. The van der Waals surface area contributed by atoms with E-state index in [4.69, 9.17) is 0 Å². The van der Waals surface area contributed by atoms with Crippen LogP contribution in [0.15, 0.2) is 36.5 Å². The van der Waals surface area contributed by atoms with E-state index in [0.717, 1.165) is 38.5 Å². The maximum Gasteiger partial charge on any atom is 0.249 e. The van der Waals surface area contributed by atoms with Crippen LogP contribution in [0.3, 0.4) is 0 Å². The zero-order valence-corrected chi connectivity index (χ0v) is 48.8. The van der Waals surface area contributed by atoms with Crippen molar-refractivity contribution in [3.05, 3.63) is 36.5 Å². The topological polar surface area (TPSA) is 89.8 Å². The number of hydrogen-bond donors (Lipinski definition) is 4. The van der Waals surface area contributed by atoms with E-state index in [1.807, 2.05) is 6.08 Å². The first-order valence-electron chi connectivity index (χ1n) is 32.8. The van der Waals surface area contributed by atoms with Crippen molar-refractivity contribution in [2.75, 3.05) is 6.61 Å². The van der Waals surface area contributed by atoms with E-state index in [-0.39, 0.29) is 6.61 Å². The second kappa shape index (κ2) is 62.1. The summed E-state index contributed by atoms with van der Waals surface area (Å²) in [6, 6.07) is -0.815. The van der Waals surface area contributed by atoms with Gasteiger partial charge in [0.05, 0.1) is 18.8 Å². The minimum atomic E-state index is -1.11. The molecule has 0 aromatic heterocycles. The van der Waals surface area contributed by atoms with Crippen LogP contribution in [0.1, 0.15) is 361 Å². The van der Waals surface area contributed by atoms with Crippen molar-refractivity contribution in [1.29, 1.82) is 0 Å². The van der Waals surface area contributed by atoms with Gasteiger partial charge in [-0.1, -0.05) is 339 Å². The number of unbranched alkanes of at least 4 members (excludes halogenated alkanes) is 49. The van der Waals surface area contributed by atoms with Crippen molar-refractivity contribution < 1.29 is 20.1 Å². The lowest BCUT2D eigenvalue weighted by Gasteiger charge is -2.21. The second-order valence-corrected chi connectivity index (χ2v) is 22.7. The molecule has 0 bridgehead atoms. The molecular weight excluding hydrogens is 883 g/mol. The van der Waals surface area contributed by atoms with Crippen molar-refractivity contribution in [1.82, 2.24) is 5.32 Å². The summed E-state index contributed by atoms with van der Waals surface area (Å²) in [5.74, 6) is -0.507. The zero-order chi connectivity index (χ0) is 52.2. The van der Waals surface area contributed by atoms with Gasteiger partial charge < -0.3 is 20.6 Å². The van der Waals surface area contributed by atoms with Gasteiger partial charge in [-0.15, -0.1) is 0 Å². The summed E-state index contributed by atoms with van der Waals surface area (Å²) in [4.78, 5) is 12.6. The first kappa shape index (κ1) is 70.6. The molecule has 0 spiro atoms. The molecule has 3 unspecified atom stereocenters. The molecular formula is C67H129NO4. The fraction of sp³-hybridized carbons (Fsp3) is 0.896. The fourth-order valence-corrected chi connectivity index (χ4v) is 10.4. The molecule has 3 atom stereocenters. The third kappa shape index (κ3) is 56.3. The Morgan fingerprint density at radius 2 is 0.569 bits per heavy atom. The van der Waals surface area contributed by atoms with Crippen LogP contribution < -0.4 is 5.32 Å². The van der Waals surface area contributed by atoms with Crippen LogP contribution in [0.2, 0.25) is 0 Å². The smallest absolute Gasteiger partial charge is 0.249 e. The van der Waals surface area contributed by atoms with Crippen molar-refractivity contribution >= 4 is 5.91 Å². The number of allylic oxidation sites excluding steroid dienone is 5. The molecule has 5 nitrogen and oxygen atoms in total. The van der Waals surface area contributed by atoms with Crippen LogP contribution in [-0.4, -0.2) is 46.1 Å². The molecule has 0 aliphatic rings. The Hall–Kier alpha value is -1.43. The van der Waals surface area contributed by atoms with Gasteiger partial charge in [-0.2, -0.15) is 0 Å². The van der Waals surface area contributed by atoms with Gasteiger partial charge >= 0.3 is 0 Å². The van der Waals surface area contributed by atoms with Crippen molar-refractivity contribution in [3.8, 4) is 0 Å². The normalized spacial score (nSPS) is 13.3.